The lowest BCUT2D eigenvalue weighted by atomic mass is 9.68. The Hall–Kier alpha value is -0.980. The van der Waals surface area contributed by atoms with Crippen molar-refractivity contribution in [1.82, 2.24) is 9.55 Å². The highest BCUT2D eigenvalue weighted by Crippen LogP contribution is 2.52. The van der Waals surface area contributed by atoms with Gasteiger partial charge in [-0.2, -0.15) is 0 Å². The maximum atomic E-state index is 13.8. The van der Waals surface area contributed by atoms with Gasteiger partial charge in [0.15, 0.2) is 0 Å². The van der Waals surface area contributed by atoms with E-state index in [0.717, 1.165) is 26.6 Å². The zero-order chi connectivity index (χ0) is 15.0. The van der Waals surface area contributed by atoms with Gasteiger partial charge in [-0.25, -0.2) is 9.37 Å². The Morgan fingerprint density at radius 3 is 2.59 bits per heavy atom. The summed E-state index contributed by atoms with van der Waals surface area (Å²) in [4.78, 5) is 4.85. The highest BCUT2D eigenvalue weighted by Gasteiger charge is 2.43. The number of aromatic nitrogens is 2. The van der Waals surface area contributed by atoms with Crippen molar-refractivity contribution >= 4 is 33.5 Å². The smallest absolute Gasteiger partial charge is 0.137 e. The number of benzene rings is 1. The number of rotatable bonds is 0. The molecule has 2 saturated carbocycles. The topological polar surface area (TPSA) is 41.7 Å². The average Bonchev–Trinajstić information content (AvgIpc) is 2.60. The Morgan fingerprint density at radius 1 is 1.14 bits per heavy atom. The fourth-order valence-electron chi connectivity index (χ4n) is 5.19. The van der Waals surface area contributed by atoms with Crippen molar-refractivity contribution in [3.63, 3.8) is 0 Å². The molecule has 4 bridgehead atoms. The maximum Gasteiger partial charge on any atom is 0.137 e. The summed E-state index contributed by atoms with van der Waals surface area (Å²) in [6.45, 7) is 0. The minimum atomic E-state index is -0.256. The summed E-state index contributed by atoms with van der Waals surface area (Å²) in [5.74, 6) is 2.84. The fourth-order valence-corrected chi connectivity index (χ4v) is 6.02. The van der Waals surface area contributed by atoms with Crippen molar-refractivity contribution in [3.05, 3.63) is 32.8 Å². The van der Waals surface area contributed by atoms with Gasteiger partial charge in [0.1, 0.15) is 17.1 Å². The van der Waals surface area contributed by atoms with Crippen molar-refractivity contribution in [2.45, 2.75) is 44.1 Å². The van der Waals surface area contributed by atoms with Crippen molar-refractivity contribution < 1.29 is 4.39 Å². The molecule has 0 radical (unpaired) electrons. The first-order valence-electron chi connectivity index (χ1n) is 8.06. The second kappa shape index (κ2) is 4.52. The molecule has 0 spiro atoms. The Bertz CT molecular complexity index is 845. The van der Waals surface area contributed by atoms with Crippen LogP contribution >= 0.6 is 22.6 Å². The molecule has 114 valence electrons. The van der Waals surface area contributed by atoms with Crippen LogP contribution < -0.4 is 5.49 Å². The summed E-state index contributed by atoms with van der Waals surface area (Å²) in [6, 6.07) is 3.43. The van der Waals surface area contributed by atoms with Crippen LogP contribution in [0.25, 0.3) is 10.9 Å². The normalized spacial score (nSPS) is 32.3. The summed E-state index contributed by atoms with van der Waals surface area (Å²) >= 11 is 2.13. The number of nitrogens with one attached hydrogen (secondary N) is 1. The van der Waals surface area contributed by atoms with Crippen LogP contribution in [0.2, 0.25) is 0 Å². The largest absolute Gasteiger partial charge is 0.311 e. The van der Waals surface area contributed by atoms with Crippen LogP contribution in [0.4, 0.5) is 4.39 Å². The molecule has 2 aliphatic heterocycles. The second-order valence-corrected chi connectivity index (χ2v) is 8.39. The van der Waals surface area contributed by atoms with E-state index < -0.39 is 0 Å². The minimum Gasteiger partial charge on any atom is -0.311 e. The molecule has 2 aliphatic carbocycles. The van der Waals surface area contributed by atoms with Gasteiger partial charge in [-0.05, 0) is 72.6 Å². The molecular formula is C17H17FIN3. The van der Waals surface area contributed by atoms with Gasteiger partial charge in [-0.3, -0.25) is 5.41 Å². The standard InChI is InChI=1S/C17H17FIN3/c18-11-6-13(19)15-14(7-11)21-17-10-2-8-1-9(3-10)5-12(4-8)22(17)16(15)20/h6-10,12,20H,1-5H2. The zero-order valence-electron chi connectivity index (χ0n) is 12.1. The fraction of sp³-hybridized carbons (Fsp3) is 0.529. The molecule has 2 atom stereocenters. The SMILES string of the molecule is N=c1c2c(I)cc(F)cc2nc2n1C1CC3CC(CC2C3)C1. The van der Waals surface area contributed by atoms with E-state index in [9.17, 15) is 4.39 Å². The Kier molecular flexibility index (Phi) is 2.77. The van der Waals surface area contributed by atoms with E-state index in [1.54, 1.807) is 0 Å². The Morgan fingerprint density at radius 2 is 1.86 bits per heavy atom. The number of halogens is 2. The lowest BCUT2D eigenvalue weighted by molar-refractivity contribution is 0.150. The van der Waals surface area contributed by atoms with E-state index in [-0.39, 0.29) is 5.82 Å². The third-order valence-electron chi connectivity index (χ3n) is 5.84. The second-order valence-electron chi connectivity index (χ2n) is 7.23. The lowest BCUT2D eigenvalue weighted by Gasteiger charge is -2.37. The molecule has 1 aromatic carbocycles. The number of nitrogens with zero attached hydrogens (tertiary/aromatic N) is 2. The van der Waals surface area contributed by atoms with Crippen LogP contribution in [-0.2, 0) is 0 Å². The van der Waals surface area contributed by atoms with Crippen LogP contribution in [0.5, 0.6) is 0 Å². The van der Waals surface area contributed by atoms with E-state index in [4.69, 9.17) is 10.4 Å². The summed E-state index contributed by atoms with van der Waals surface area (Å²) in [6.07, 6.45) is 6.16. The Labute approximate surface area is 141 Å². The number of hydrogen-bond acceptors (Lipinski definition) is 2. The Balaban J connectivity index is 1.87. The number of hydrogen-bond donors (Lipinski definition) is 1. The molecule has 3 heterocycles. The monoisotopic (exact) mass is 409 g/mol. The zero-order valence-corrected chi connectivity index (χ0v) is 14.3. The lowest BCUT2D eigenvalue weighted by Crippen LogP contribution is -2.31. The van der Waals surface area contributed by atoms with Crippen molar-refractivity contribution in [1.29, 1.82) is 5.41 Å². The predicted molar refractivity (Wildman–Crippen MR) is 90.1 cm³/mol. The predicted octanol–water partition coefficient (Wildman–Crippen LogP) is 4.11. The maximum absolute atomic E-state index is 13.8. The average molecular weight is 409 g/mol. The third-order valence-corrected chi connectivity index (χ3v) is 6.69. The molecule has 3 nitrogen and oxygen atoms in total. The first kappa shape index (κ1) is 13.5. The summed E-state index contributed by atoms with van der Waals surface area (Å²) in [5, 5.41) is 9.57. The van der Waals surface area contributed by atoms with Crippen molar-refractivity contribution in [3.8, 4) is 0 Å². The highest BCUT2D eigenvalue weighted by molar-refractivity contribution is 14.1. The van der Waals surface area contributed by atoms with Gasteiger partial charge < -0.3 is 4.57 Å². The highest BCUT2D eigenvalue weighted by atomic mass is 127. The van der Waals surface area contributed by atoms with Gasteiger partial charge in [0, 0.05) is 21.6 Å². The van der Waals surface area contributed by atoms with Gasteiger partial charge in [-0.1, -0.05) is 0 Å². The van der Waals surface area contributed by atoms with E-state index in [2.05, 4.69) is 27.2 Å². The van der Waals surface area contributed by atoms with E-state index >= 15 is 0 Å². The molecule has 2 fully saturated rings. The van der Waals surface area contributed by atoms with Crippen LogP contribution in [0, 0.1) is 26.6 Å². The molecule has 0 saturated heterocycles. The molecule has 6 rings (SSSR count). The van der Waals surface area contributed by atoms with Gasteiger partial charge in [0.05, 0.1) is 10.9 Å². The molecule has 0 amide bonds. The van der Waals surface area contributed by atoms with Crippen LogP contribution in [-0.4, -0.2) is 9.55 Å². The first-order chi connectivity index (χ1) is 10.6. The van der Waals surface area contributed by atoms with Gasteiger partial charge >= 0.3 is 0 Å². The van der Waals surface area contributed by atoms with Gasteiger partial charge in [-0.15, -0.1) is 0 Å². The number of fused-ring (bicyclic) bond motifs is 1. The van der Waals surface area contributed by atoms with Gasteiger partial charge in [0.25, 0.3) is 0 Å². The third kappa shape index (κ3) is 1.77. The molecular weight excluding hydrogens is 392 g/mol. The molecule has 5 heteroatoms. The molecule has 2 unspecified atom stereocenters. The molecule has 1 N–H and O–H groups in total. The van der Waals surface area contributed by atoms with Crippen molar-refractivity contribution in [2.75, 3.05) is 0 Å². The summed E-state index contributed by atoms with van der Waals surface area (Å²) in [5.41, 5.74) is 1.20. The molecule has 2 aromatic rings. The first-order valence-corrected chi connectivity index (χ1v) is 9.14. The van der Waals surface area contributed by atoms with Crippen LogP contribution in [0.15, 0.2) is 12.1 Å². The van der Waals surface area contributed by atoms with Crippen LogP contribution in [0.1, 0.15) is 49.9 Å². The molecule has 4 aliphatic rings. The molecule has 1 aromatic heterocycles. The van der Waals surface area contributed by atoms with Crippen molar-refractivity contribution in [2.24, 2.45) is 11.8 Å². The van der Waals surface area contributed by atoms with E-state index in [1.807, 2.05) is 0 Å². The summed E-state index contributed by atoms with van der Waals surface area (Å²) < 4.78 is 16.8. The van der Waals surface area contributed by atoms with E-state index in [0.29, 0.717) is 23.0 Å². The van der Waals surface area contributed by atoms with Crippen LogP contribution in [0.3, 0.4) is 0 Å². The summed E-state index contributed by atoms with van der Waals surface area (Å²) in [7, 11) is 0. The molecule has 22 heavy (non-hydrogen) atoms. The van der Waals surface area contributed by atoms with E-state index in [1.165, 1.54) is 44.2 Å². The van der Waals surface area contributed by atoms with Gasteiger partial charge in [0.2, 0.25) is 0 Å². The quantitative estimate of drug-likeness (QED) is 0.654. The minimum absolute atomic E-state index is 0.256.